The molecule has 0 spiro atoms. The number of aromatic nitrogens is 1. The van der Waals surface area contributed by atoms with Crippen LogP contribution in [0.15, 0.2) is 36.5 Å². The fourth-order valence-corrected chi connectivity index (χ4v) is 3.11. The molecule has 0 bridgehead atoms. The number of nitrogens with one attached hydrogen (secondary N) is 1. The van der Waals surface area contributed by atoms with Crippen molar-refractivity contribution in [2.45, 2.75) is 51.9 Å². The van der Waals surface area contributed by atoms with Gasteiger partial charge >= 0.3 is 18.1 Å². The van der Waals surface area contributed by atoms with Crippen LogP contribution >= 0.6 is 0 Å². The second kappa shape index (κ2) is 11.0. The van der Waals surface area contributed by atoms with Crippen molar-refractivity contribution in [2.24, 2.45) is 0 Å². The van der Waals surface area contributed by atoms with E-state index in [1.165, 1.54) is 58.3 Å². The predicted octanol–water partition coefficient (Wildman–Crippen LogP) is 3.89. The molecule has 1 N–H and O–H groups in total. The van der Waals surface area contributed by atoms with Gasteiger partial charge in [-0.05, 0) is 25.5 Å². The Hall–Kier alpha value is -3.63. The van der Waals surface area contributed by atoms with E-state index in [9.17, 15) is 27.6 Å². The van der Waals surface area contributed by atoms with Gasteiger partial charge in [0.15, 0.2) is 11.4 Å². The van der Waals surface area contributed by atoms with Gasteiger partial charge in [-0.15, -0.1) is 0 Å². The summed E-state index contributed by atoms with van der Waals surface area (Å²) in [4.78, 5) is 40.5. The molecule has 8 nitrogen and oxygen atoms in total. The number of rotatable bonds is 8. The molecule has 34 heavy (non-hydrogen) atoms. The minimum Gasteiger partial charge on any atom is -0.493 e. The summed E-state index contributed by atoms with van der Waals surface area (Å²) in [5.41, 5.74) is -1.12. The molecule has 0 aliphatic carbocycles. The van der Waals surface area contributed by atoms with Crippen molar-refractivity contribution in [1.82, 2.24) is 10.3 Å². The third kappa shape index (κ3) is 6.46. The zero-order chi connectivity index (χ0) is 25.6. The van der Waals surface area contributed by atoms with E-state index in [2.05, 4.69) is 10.3 Å². The molecule has 0 aliphatic heterocycles. The average molecular weight is 482 g/mol. The number of carbonyl (C=O) groups is 3. The van der Waals surface area contributed by atoms with Gasteiger partial charge in [0.2, 0.25) is 5.75 Å². The molecule has 1 aromatic carbocycles. The molecule has 3 atom stereocenters. The molecule has 1 heterocycles. The SMILES string of the molecule is COc1ccnc(C(=O)N[C@@H](C)C(=O)O[C@H](C)[C@H](C)c2ccccc2C(F)(F)F)c1OC(C)=O. The lowest BCUT2D eigenvalue weighted by Crippen LogP contribution is -2.41. The zero-order valence-corrected chi connectivity index (χ0v) is 19.2. The average Bonchev–Trinajstić information content (AvgIpc) is 2.77. The fourth-order valence-electron chi connectivity index (χ4n) is 3.11. The van der Waals surface area contributed by atoms with Gasteiger partial charge in [0.1, 0.15) is 12.1 Å². The van der Waals surface area contributed by atoms with E-state index >= 15 is 0 Å². The molecular formula is C23H25F3N2O6. The van der Waals surface area contributed by atoms with E-state index in [-0.39, 0.29) is 22.8 Å². The summed E-state index contributed by atoms with van der Waals surface area (Å²) in [6.45, 7) is 5.45. The number of methoxy groups -OCH3 is 1. The van der Waals surface area contributed by atoms with Crippen molar-refractivity contribution in [3.63, 3.8) is 0 Å². The first-order valence-electron chi connectivity index (χ1n) is 10.3. The van der Waals surface area contributed by atoms with Gasteiger partial charge in [0.05, 0.1) is 12.7 Å². The van der Waals surface area contributed by atoms with Crippen molar-refractivity contribution < 1.29 is 41.8 Å². The number of pyridine rings is 1. The van der Waals surface area contributed by atoms with Crippen molar-refractivity contribution in [2.75, 3.05) is 7.11 Å². The molecule has 0 fully saturated rings. The monoisotopic (exact) mass is 482 g/mol. The fraction of sp³-hybridized carbons (Fsp3) is 0.391. The number of esters is 2. The van der Waals surface area contributed by atoms with Crippen molar-refractivity contribution in [3.8, 4) is 11.5 Å². The van der Waals surface area contributed by atoms with Gasteiger partial charge < -0.3 is 19.5 Å². The molecule has 0 aliphatic rings. The molecule has 0 saturated heterocycles. The lowest BCUT2D eigenvalue weighted by Gasteiger charge is -2.25. The van der Waals surface area contributed by atoms with Crippen LogP contribution in [0.4, 0.5) is 13.2 Å². The van der Waals surface area contributed by atoms with E-state index in [1.54, 1.807) is 0 Å². The highest BCUT2D eigenvalue weighted by Crippen LogP contribution is 2.36. The molecule has 2 aromatic rings. The minimum atomic E-state index is -4.56. The van der Waals surface area contributed by atoms with Crippen LogP contribution in [-0.4, -0.2) is 42.1 Å². The summed E-state index contributed by atoms with van der Waals surface area (Å²) in [6, 6.07) is 5.25. The summed E-state index contributed by atoms with van der Waals surface area (Å²) >= 11 is 0. The molecule has 184 valence electrons. The van der Waals surface area contributed by atoms with Gasteiger partial charge in [-0.25, -0.2) is 9.78 Å². The van der Waals surface area contributed by atoms with Crippen molar-refractivity contribution in [1.29, 1.82) is 0 Å². The molecule has 0 unspecified atom stereocenters. The molecule has 0 saturated carbocycles. The number of halogens is 3. The first-order chi connectivity index (χ1) is 15.9. The number of carbonyl (C=O) groups excluding carboxylic acids is 3. The number of hydrogen-bond donors (Lipinski definition) is 1. The van der Waals surface area contributed by atoms with Crippen LogP contribution in [0.25, 0.3) is 0 Å². The molecule has 2 rings (SSSR count). The Bertz CT molecular complexity index is 1060. The number of amides is 1. The lowest BCUT2D eigenvalue weighted by atomic mass is 9.91. The summed E-state index contributed by atoms with van der Waals surface area (Å²) in [6.07, 6.45) is -4.23. The largest absolute Gasteiger partial charge is 0.493 e. The Morgan fingerprint density at radius 2 is 1.71 bits per heavy atom. The highest BCUT2D eigenvalue weighted by Gasteiger charge is 2.36. The second-order valence-corrected chi connectivity index (χ2v) is 7.50. The summed E-state index contributed by atoms with van der Waals surface area (Å²) in [5, 5.41) is 2.38. The quantitative estimate of drug-likeness (QED) is 0.570. The van der Waals surface area contributed by atoms with Crippen molar-refractivity contribution in [3.05, 3.63) is 53.3 Å². The normalized spacial score (nSPS) is 13.9. The Labute approximate surface area is 194 Å². The molecule has 1 aromatic heterocycles. The highest BCUT2D eigenvalue weighted by atomic mass is 19.4. The van der Waals surface area contributed by atoms with Gasteiger partial charge in [-0.2, -0.15) is 13.2 Å². The maximum Gasteiger partial charge on any atom is 0.416 e. The first-order valence-corrected chi connectivity index (χ1v) is 10.3. The standard InChI is InChI=1S/C23H25F3N2O6/c1-12(16-8-6-7-9-17(16)23(24,25)26)14(3)33-22(31)13(2)28-21(30)19-20(34-15(4)29)18(32-5)10-11-27-19/h6-14H,1-5H3,(H,28,30)/t12-,13-,14+/m0/s1. The Morgan fingerprint density at radius 3 is 2.29 bits per heavy atom. The Kier molecular flexibility index (Phi) is 8.61. The van der Waals surface area contributed by atoms with Crippen LogP contribution in [0, 0.1) is 0 Å². The second-order valence-electron chi connectivity index (χ2n) is 7.50. The molecule has 1 amide bonds. The van der Waals surface area contributed by atoms with E-state index < -0.39 is 47.6 Å². The molecule has 0 radical (unpaired) electrons. The summed E-state index contributed by atoms with van der Waals surface area (Å²) < 4.78 is 55.4. The summed E-state index contributed by atoms with van der Waals surface area (Å²) in [5.74, 6) is -3.34. The number of hydrogen-bond acceptors (Lipinski definition) is 7. The van der Waals surface area contributed by atoms with Crippen LogP contribution in [0.1, 0.15) is 55.2 Å². The highest BCUT2D eigenvalue weighted by molar-refractivity contribution is 5.98. The van der Waals surface area contributed by atoms with E-state index in [1.807, 2.05) is 0 Å². The van der Waals surface area contributed by atoms with Crippen LogP contribution in [-0.2, 0) is 20.5 Å². The number of benzene rings is 1. The minimum absolute atomic E-state index is 0.0152. The smallest absolute Gasteiger partial charge is 0.416 e. The van der Waals surface area contributed by atoms with Crippen LogP contribution < -0.4 is 14.8 Å². The van der Waals surface area contributed by atoms with E-state index in [4.69, 9.17) is 14.2 Å². The number of nitrogens with zero attached hydrogens (tertiary/aromatic N) is 1. The maximum absolute atomic E-state index is 13.3. The predicted molar refractivity (Wildman–Crippen MR) is 114 cm³/mol. The van der Waals surface area contributed by atoms with E-state index in [0.29, 0.717) is 0 Å². The Morgan fingerprint density at radius 1 is 1.06 bits per heavy atom. The van der Waals surface area contributed by atoms with Crippen LogP contribution in [0.3, 0.4) is 0 Å². The van der Waals surface area contributed by atoms with Crippen molar-refractivity contribution >= 4 is 17.8 Å². The summed E-state index contributed by atoms with van der Waals surface area (Å²) in [7, 11) is 1.31. The van der Waals surface area contributed by atoms with Gasteiger partial charge in [0.25, 0.3) is 5.91 Å². The topological polar surface area (TPSA) is 104 Å². The number of ether oxygens (including phenoxy) is 3. The van der Waals surface area contributed by atoms with Crippen LogP contribution in [0.5, 0.6) is 11.5 Å². The van der Waals surface area contributed by atoms with Gasteiger partial charge in [0, 0.05) is 25.1 Å². The molecular weight excluding hydrogens is 457 g/mol. The molecule has 11 heteroatoms. The lowest BCUT2D eigenvalue weighted by molar-refractivity contribution is -0.151. The van der Waals surface area contributed by atoms with Gasteiger partial charge in [-0.1, -0.05) is 25.1 Å². The maximum atomic E-state index is 13.3. The Balaban J connectivity index is 2.13. The van der Waals surface area contributed by atoms with Crippen LogP contribution in [0.2, 0.25) is 0 Å². The third-order valence-electron chi connectivity index (χ3n) is 5.01. The first kappa shape index (κ1) is 26.6. The zero-order valence-electron chi connectivity index (χ0n) is 19.2. The van der Waals surface area contributed by atoms with E-state index in [0.717, 1.165) is 13.0 Å². The van der Waals surface area contributed by atoms with Gasteiger partial charge in [-0.3, -0.25) is 9.59 Å². The number of alkyl halides is 3. The third-order valence-corrected chi connectivity index (χ3v) is 5.01.